The quantitative estimate of drug-likeness (QED) is 0.763. The Kier molecular flexibility index (Phi) is 5.95. The Bertz CT molecular complexity index is 888. The predicted octanol–water partition coefficient (Wildman–Crippen LogP) is 4.28. The van der Waals surface area contributed by atoms with Gasteiger partial charge in [-0.05, 0) is 50.1 Å². The Hall–Kier alpha value is -2.84. The molecule has 2 aromatic rings. The second kappa shape index (κ2) is 8.26. The highest BCUT2D eigenvalue weighted by molar-refractivity contribution is 5.73. The summed E-state index contributed by atoms with van der Waals surface area (Å²) in [4.78, 5) is 17.6. The highest BCUT2D eigenvalue weighted by Crippen LogP contribution is 2.31. The average Bonchev–Trinajstić information content (AvgIpc) is 2.62. The van der Waals surface area contributed by atoms with Crippen molar-refractivity contribution in [1.82, 2.24) is 10.3 Å². The lowest BCUT2D eigenvalue weighted by atomic mass is 9.97. The number of pyridine rings is 1. The largest absolute Gasteiger partial charge is 0.573 e. The van der Waals surface area contributed by atoms with E-state index in [1.807, 2.05) is 6.07 Å². The van der Waals surface area contributed by atoms with Crippen molar-refractivity contribution in [2.45, 2.75) is 45.1 Å². The number of halogens is 4. The number of carbonyl (C=O) groups excluding carboxylic acids is 1. The number of carbonyl (C=O) groups is 1. The van der Waals surface area contributed by atoms with E-state index in [0.29, 0.717) is 11.3 Å². The van der Waals surface area contributed by atoms with Crippen molar-refractivity contribution in [2.24, 2.45) is 0 Å². The van der Waals surface area contributed by atoms with E-state index in [0.717, 1.165) is 37.2 Å². The summed E-state index contributed by atoms with van der Waals surface area (Å²) >= 11 is 0. The zero-order valence-electron chi connectivity index (χ0n) is 16.0. The maximum absolute atomic E-state index is 14.0. The maximum atomic E-state index is 14.0. The third-order valence-corrected chi connectivity index (χ3v) is 4.81. The van der Waals surface area contributed by atoms with Gasteiger partial charge in [0.05, 0.1) is 5.69 Å². The molecule has 29 heavy (non-hydrogen) atoms. The van der Waals surface area contributed by atoms with Crippen LogP contribution in [-0.4, -0.2) is 35.9 Å². The van der Waals surface area contributed by atoms with Crippen molar-refractivity contribution < 1.29 is 27.1 Å². The van der Waals surface area contributed by atoms with E-state index in [1.165, 1.54) is 13.0 Å². The van der Waals surface area contributed by atoms with Crippen LogP contribution in [0.25, 0.3) is 11.3 Å². The molecule has 1 aliphatic rings. The zero-order valence-corrected chi connectivity index (χ0v) is 16.0. The number of rotatable bonds is 4. The van der Waals surface area contributed by atoms with E-state index in [1.54, 1.807) is 12.3 Å². The highest BCUT2D eigenvalue weighted by atomic mass is 19.4. The van der Waals surface area contributed by atoms with Gasteiger partial charge in [0.2, 0.25) is 5.91 Å². The molecule has 2 atom stereocenters. The molecule has 1 amide bonds. The van der Waals surface area contributed by atoms with Crippen LogP contribution in [0.3, 0.4) is 0 Å². The number of ether oxygens (including phenoxy) is 1. The molecule has 0 radical (unpaired) electrons. The normalized spacial score (nSPS) is 19.7. The fraction of sp³-hybridized carbons (Fsp3) is 0.400. The van der Waals surface area contributed by atoms with Crippen molar-refractivity contribution >= 4 is 11.6 Å². The Morgan fingerprint density at radius 2 is 2.03 bits per heavy atom. The van der Waals surface area contributed by atoms with E-state index < -0.39 is 17.9 Å². The number of hydrogen-bond acceptors (Lipinski definition) is 4. The lowest BCUT2D eigenvalue weighted by Gasteiger charge is -2.39. The maximum Gasteiger partial charge on any atom is 0.573 e. The van der Waals surface area contributed by atoms with E-state index in [9.17, 15) is 22.4 Å². The summed E-state index contributed by atoms with van der Waals surface area (Å²) in [5, 5.41) is 2.94. The Balaban J connectivity index is 1.78. The van der Waals surface area contributed by atoms with Gasteiger partial charge in [-0.25, -0.2) is 4.39 Å². The van der Waals surface area contributed by atoms with E-state index in [4.69, 9.17) is 0 Å². The lowest BCUT2D eigenvalue weighted by molar-refractivity contribution is -0.275. The first kappa shape index (κ1) is 20.9. The van der Waals surface area contributed by atoms with Gasteiger partial charge < -0.3 is 15.0 Å². The average molecular weight is 411 g/mol. The molecule has 156 valence electrons. The molecule has 5 nitrogen and oxygen atoms in total. The fourth-order valence-corrected chi connectivity index (χ4v) is 3.60. The van der Waals surface area contributed by atoms with Crippen molar-refractivity contribution in [3.05, 3.63) is 42.3 Å². The molecule has 0 aliphatic carbocycles. The molecule has 0 bridgehead atoms. The van der Waals surface area contributed by atoms with Gasteiger partial charge in [-0.1, -0.05) is 0 Å². The van der Waals surface area contributed by atoms with Crippen molar-refractivity contribution in [2.75, 3.05) is 11.4 Å². The summed E-state index contributed by atoms with van der Waals surface area (Å²) in [5.41, 5.74) is 1.66. The summed E-state index contributed by atoms with van der Waals surface area (Å²) in [6.07, 6.45) is -1.80. The SMILES string of the molecule is CC(=O)NC1CCN(c2ccnc(-c3ccc(OC(F)(F)F)c(F)c3)c2)C(C)C1. The number of piperidine rings is 1. The molecule has 0 spiro atoms. The highest BCUT2D eigenvalue weighted by Gasteiger charge is 2.32. The first-order valence-corrected chi connectivity index (χ1v) is 9.18. The Morgan fingerprint density at radius 1 is 1.28 bits per heavy atom. The van der Waals surface area contributed by atoms with Crippen molar-refractivity contribution in [3.8, 4) is 17.0 Å². The summed E-state index contributed by atoms with van der Waals surface area (Å²) in [7, 11) is 0. The molecule has 1 aromatic heterocycles. The van der Waals surface area contributed by atoms with Gasteiger partial charge >= 0.3 is 6.36 Å². The van der Waals surface area contributed by atoms with Crippen LogP contribution >= 0.6 is 0 Å². The first-order valence-electron chi connectivity index (χ1n) is 9.18. The zero-order chi connectivity index (χ0) is 21.2. The van der Waals surface area contributed by atoms with Gasteiger partial charge in [0, 0.05) is 43.0 Å². The van der Waals surface area contributed by atoms with Gasteiger partial charge in [-0.2, -0.15) is 0 Å². The van der Waals surface area contributed by atoms with Gasteiger partial charge in [0.1, 0.15) is 0 Å². The molecule has 1 aromatic carbocycles. The molecular formula is C20H21F4N3O2. The van der Waals surface area contributed by atoms with Crippen LogP contribution in [0.4, 0.5) is 23.2 Å². The third-order valence-electron chi connectivity index (χ3n) is 4.81. The Labute approximate surface area is 165 Å². The number of nitrogens with zero attached hydrogens (tertiary/aromatic N) is 2. The smallest absolute Gasteiger partial charge is 0.403 e. The van der Waals surface area contributed by atoms with Gasteiger partial charge in [-0.15, -0.1) is 13.2 Å². The van der Waals surface area contributed by atoms with Gasteiger partial charge in [0.15, 0.2) is 11.6 Å². The number of alkyl halides is 3. The molecule has 2 unspecified atom stereocenters. The molecule has 2 heterocycles. The summed E-state index contributed by atoms with van der Waals surface area (Å²) in [5.74, 6) is -2.05. The summed E-state index contributed by atoms with van der Waals surface area (Å²) < 4.78 is 54.6. The molecule has 1 fully saturated rings. The number of amides is 1. The minimum atomic E-state index is -4.96. The molecule has 3 rings (SSSR count). The molecule has 0 saturated carbocycles. The minimum absolute atomic E-state index is 0.0539. The topological polar surface area (TPSA) is 54.5 Å². The van der Waals surface area contributed by atoms with Crippen LogP contribution in [-0.2, 0) is 4.79 Å². The number of nitrogens with one attached hydrogen (secondary N) is 1. The third kappa shape index (κ3) is 5.36. The van der Waals surface area contributed by atoms with Crippen LogP contribution in [0.2, 0.25) is 0 Å². The van der Waals surface area contributed by atoms with Crippen LogP contribution < -0.4 is 15.0 Å². The number of aromatic nitrogens is 1. The molecular weight excluding hydrogens is 390 g/mol. The second-order valence-electron chi connectivity index (χ2n) is 7.06. The van der Waals surface area contributed by atoms with E-state index >= 15 is 0 Å². The first-order chi connectivity index (χ1) is 13.6. The van der Waals surface area contributed by atoms with E-state index in [2.05, 4.69) is 26.9 Å². The molecule has 1 N–H and O–H groups in total. The van der Waals surface area contributed by atoms with Gasteiger partial charge in [0.25, 0.3) is 0 Å². The number of benzene rings is 1. The predicted molar refractivity (Wildman–Crippen MR) is 100.0 cm³/mol. The Morgan fingerprint density at radius 3 is 2.66 bits per heavy atom. The molecule has 1 saturated heterocycles. The second-order valence-corrected chi connectivity index (χ2v) is 7.06. The molecule has 9 heteroatoms. The van der Waals surface area contributed by atoms with Crippen molar-refractivity contribution in [3.63, 3.8) is 0 Å². The fourth-order valence-electron chi connectivity index (χ4n) is 3.60. The monoisotopic (exact) mass is 411 g/mol. The standard InChI is InChI=1S/C20H21F4N3O2/c1-12-9-15(26-13(2)28)6-8-27(12)16-5-7-25-18(11-16)14-3-4-19(17(21)10-14)29-20(22,23)24/h3-5,7,10-12,15H,6,8-9H2,1-2H3,(H,26,28). The van der Waals surface area contributed by atoms with Crippen LogP contribution in [0, 0.1) is 5.82 Å². The van der Waals surface area contributed by atoms with Gasteiger partial charge in [-0.3, -0.25) is 9.78 Å². The van der Waals surface area contributed by atoms with Crippen molar-refractivity contribution in [1.29, 1.82) is 0 Å². The van der Waals surface area contributed by atoms with Crippen LogP contribution in [0.15, 0.2) is 36.5 Å². The summed E-state index contributed by atoms with van der Waals surface area (Å²) in [6.45, 7) is 4.27. The number of anilines is 1. The van der Waals surface area contributed by atoms with E-state index in [-0.39, 0.29) is 18.0 Å². The lowest BCUT2D eigenvalue weighted by Crippen LogP contribution is -2.48. The van der Waals surface area contributed by atoms with Crippen LogP contribution in [0.1, 0.15) is 26.7 Å². The van der Waals surface area contributed by atoms with Crippen LogP contribution in [0.5, 0.6) is 5.75 Å². The minimum Gasteiger partial charge on any atom is -0.403 e. The summed E-state index contributed by atoms with van der Waals surface area (Å²) in [6, 6.07) is 7.13. The molecule has 1 aliphatic heterocycles. The number of hydrogen-bond donors (Lipinski definition) is 1.